The highest BCUT2D eigenvalue weighted by Gasteiger charge is 2.59. The average molecular weight is 460 g/mol. The summed E-state index contributed by atoms with van der Waals surface area (Å²) in [5, 5.41) is 11.3. The van der Waals surface area contributed by atoms with Gasteiger partial charge in [-0.25, -0.2) is 9.59 Å². The molecule has 2 amide bonds. The van der Waals surface area contributed by atoms with Gasteiger partial charge >= 0.3 is 12.1 Å². The number of hydrogen-bond donors (Lipinski definition) is 3. The molecule has 2 heterocycles. The number of ether oxygens (including phenoxy) is 1. The van der Waals surface area contributed by atoms with E-state index in [0.717, 1.165) is 29.5 Å². The number of rotatable bonds is 7. The molecular weight excluding hydrogens is 434 g/mol. The van der Waals surface area contributed by atoms with Crippen molar-refractivity contribution in [3.8, 4) is 0 Å². The van der Waals surface area contributed by atoms with Crippen LogP contribution in [0.2, 0.25) is 0 Å². The van der Waals surface area contributed by atoms with Gasteiger partial charge in [0.2, 0.25) is 5.91 Å². The second-order valence-electron chi connectivity index (χ2n) is 8.55. The van der Waals surface area contributed by atoms with Crippen molar-refractivity contribution in [2.45, 2.75) is 49.1 Å². The number of carbonyl (C=O) groups excluding carboxylic acids is 3. The Hall–Kier alpha value is -2.85. The molecule has 10 heteroatoms. The molecule has 2 aliphatic heterocycles. The van der Waals surface area contributed by atoms with E-state index in [2.05, 4.69) is 5.32 Å². The quantitative estimate of drug-likeness (QED) is 0.416. The molecule has 4 rings (SSSR count). The minimum atomic E-state index is -1.29. The molecule has 1 saturated carbocycles. The highest BCUT2D eigenvalue weighted by molar-refractivity contribution is 8.01. The van der Waals surface area contributed by atoms with Gasteiger partial charge < -0.3 is 20.9 Å². The summed E-state index contributed by atoms with van der Waals surface area (Å²) < 4.78 is 5.41. The molecule has 1 aliphatic carbocycles. The number of alkyl carbamates (subject to hydrolysis) is 1. The molecule has 2 fully saturated rings. The van der Waals surface area contributed by atoms with Gasteiger partial charge in [-0.2, -0.15) is 0 Å². The number of nitrogens with two attached hydrogens (primary N) is 1. The van der Waals surface area contributed by atoms with Crippen molar-refractivity contribution in [1.29, 1.82) is 0 Å². The fourth-order valence-corrected chi connectivity index (χ4v) is 5.44. The number of nitrogens with zero attached hydrogens (tertiary/aromatic N) is 1. The fraction of sp³-hybridized carbons (Fsp3) is 0.455. The Labute approximate surface area is 189 Å². The molecule has 1 aromatic carbocycles. The number of carbonyl (C=O) groups is 4. The van der Waals surface area contributed by atoms with Crippen molar-refractivity contribution in [2.75, 3.05) is 0 Å². The molecule has 1 aromatic rings. The summed E-state index contributed by atoms with van der Waals surface area (Å²) >= 11 is 1.13. The van der Waals surface area contributed by atoms with Crippen LogP contribution in [0.1, 0.15) is 38.3 Å². The van der Waals surface area contributed by atoms with E-state index in [9.17, 15) is 24.3 Å². The molecule has 1 saturated heterocycles. The molecule has 0 radical (unpaired) electrons. The van der Waals surface area contributed by atoms with Crippen molar-refractivity contribution in [2.24, 2.45) is 17.6 Å². The predicted octanol–water partition coefficient (Wildman–Crippen LogP) is 2.00. The van der Waals surface area contributed by atoms with Gasteiger partial charge in [0, 0.05) is 0 Å². The van der Waals surface area contributed by atoms with Gasteiger partial charge in [-0.05, 0) is 44.2 Å². The molecule has 170 valence electrons. The third-order valence-corrected chi connectivity index (χ3v) is 7.23. The van der Waals surface area contributed by atoms with Crippen LogP contribution >= 0.6 is 11.8 Å². The number of benzene rings is 1. The highest BCUT2D eigenvalue weighted by Crippen LogP contribution is 2.48. The van der Waals surface area contributed by atoms with E-state index in [1.54, 1.807) is 37.3 Å². The van der Waals surface area contributed by atoms with E-state index in [1.165, 1.54) is 6.08 Å². The van der Waals surface area contributed by atoms with Gasteiger partial charge in [0.15, 0.2) is 5.78 Å². The van der Waals surface area contributed by atoms with Crippen LogP contribution < -0.4 is 11.1 Å². The number of nitrogens with one attached hydrogen (secondary N) is 1. The van der Waals surface area contributed by atoms with Crippen LogP contribution in [-0.4, -0.2) is 50.1 Å². The van der Waals surface area contributed by atoms with Gasteiger partial charge in [-0.3, -0.25) is 14.5 Å². The van der Waals surface area contributed by atoms with Crippen LogP contribution in [-0.2, 0) is 19.1 Å². The lowest BCUT2D eigenvalue weighted by molar-refractivity contribution is -0.157. The summed E-state index contributed by atoms with van der Waals surface area (Å²) in [7, 11) is 0. The first kappa shape index (κ1) is 22.3. The minimum Gasteiger partial charge on any atom is -0.477 e. The third kappa shape index (κ3) is 4.24. The van der Waals surface area contributed by atoms with Gasteiger partial charge in [-0.1, -0.05) is 30.3 Å². The van der Waals surface area contributed by atoms with E-state index in [-0.39, 0.29) is 11.8 Å². The van der Waals surface area contributed by atoms with E-state index in [0.29, 0.717) is 11.5 Å². The zero-order valence-corrected chi connectivity index (χ0v) is 18.5. The Morgan fingerprint density at radius 1 is 1.28 bits per heavy atom. The second kappa shape index (κ2) is 8.25. The fourth-order valence-electron chi connectivity index (χ4n) is 4.03. The predicted molar refractivity (Wildman–Crippen MR) is 116 cm³/mol. The molecule has 32 heavy (non-hydrogen) atoms. The first-order chi connectivity index (χ1) is 15.1. The number of carboxylic acids is 1. The summed E-state index contributed by atoms with van der Waals surface area (Å²) in [5.74, 6) is -3.26. The summed E-state index contributed by atoms with van der Waals surface area (Å²) in [4.78, 5) is 50.5. The molecule has 4 unspecified atom stereocenters. The molecule has 0 aromatic heterocycles. The van der Waals surface area contributed by atoms with Crippen LogP contribution in [0.25, 0.3) is 0 Å². The van der Waals surface area contributed by atoms with Crippen LogP contribution in [0, 0.1) is 11.8 Å². The van der Waals surface area contributed by atoms with Crippen molar-refractivity contribution in [3.05, 3.63) is 47.7 Å². The maximum atomic E-state index is 13.5. The van der Waals surface area contributed by atoms with Crippen LogP contribution in [0.4, 0.5) is 4.79 Å². The average Bonchev–Trinajstić information content (AvgIpc) is 3.56. The second-order valence-corrected chi connectivity index (χ2v) is 10.1. The molecule has 0 spiro atoms. The lowest BCUT2D eigenvalue weighted by Gasteiger charge is -2.51. The Morgan fingerprint density at radius 2 is 1.94 bits per heavy atom. The zero-order valence-electron chi connectivity index (χ0n) is 17.7. The van der Waals surface area contributed by atoms with E-state index in [4.69, 9.17) is 10.5 Å². The number of Topliss-reactive ketones (excluding diaryl/α,β-unsaturated/α-hetero) is 1. The third-order valence-electron chi connectivity index (χ3n) is 5.88. The summed E-state index contributed by atoms with van der Waals surface area (Å²) in [6.45, 7) is 3.43. The summed E-state index contributed by atoms with van der Waals surface area (Å²) in [5.41, 5.74) is 6.41. The smallest absolute Gasteiger partial charge is 0.408 e. The first-order valence-corrected chi connectivity index (χ1v) is 11.3. The normalized spacial score (nSPS) is 28.5. The number of ketones is 1. The Morgan fingerprint density at radius 3 is 2.53 bits per heavy atom. The Balaban J connectivity index is 1.57. The standard InChI is InChI=1S/C22H25N3O6S/c1-11(12-8-9-12)31-21(30)24-16(13-6-4-3-5-7-13)17(26)15-18(27)25-14(20(28)29)10-22(2,23)32-19(15)25/h3-7,10-12,15-16,19H,8-9,23H2,1-2H3,(H,24,30)(H,28,29)/t11?,15?,16?,19-,22?/m1/s1. The number of fused-ring (bicyclic) bond motifs is 1. The van der Waals surface area contributed by atoms with Gasteiger partial charge in [0.05, 0.1) is 4.87 Å². The van der Waals surface area contributed by atoms with Crippen molar-refractivity contribution in [1.82, 2.24) is 10.2 Å². The SMILES string of the molecule is CC(OC(=O)NC(C(=O)C1C(=O)N2C(C(=O)O)=CC(C)(N)S[C@H]12)c1ccccc1)C1CC1. The number of amides is 2. The maximum Gasteiger partial charge on any atom is 0.408 e. The molecule has 0 bridgehead atoms. The molecule has 3 aliphatic rings. The van der Waals surface area contributed by atoms with E-state index < -0.39 is 46.0 Å². The van der Waals surface area contributed by atoms with Gasteiger partial charge in [-0.15, -0.1) is 11.8 Å². The number of hydrogen-bond acceptors (Lipinski definition) is 7. The lowest BCUT2D eigenvalue weighted by Crippen LogP contribution is -2.67. The van der Waals surface area contributed by atoms with Crippen LogP contribution in [0.5, 0.6) is 0 Å². The lowest BCUT2D eigenvalue weighted by atomic mass is 9.85. The van der Waals surface area contributed by atoms with Crippen LogP contribution in [0.15, 0.2) is 42.1 Å². The van der Waals surface area contributed by atoms with Gasteiger partial charge in [0.25, 0.3) is 0 Å². The molecular formula is C22H25N3O6S. The molecule has 5 atom stereocenters. The molecule has 9 nitrogen and oxygen atoms in total. The summed E-state index contributed by atoms with van der Waals surface area (Å²) in [6, 6.07) is 7.46. The Bertz CT molecular complexity index is 991. The number of β-lactam (4-membered cyclic amide) rings is 1. The topological polar surface area (TPSA) is 139 Å². The van der Waals surface area contributed by atoms with Crippen LogP contribution in [0.3, 0.4) is 0 Å². The van der Waals surface area contributed by atoms with E-state index >= 15 is 0 Å². The van der Waals surface area contributed by atoms with E-state index in [1.807, 2.05) is 6.92 Å². The number of thioether (sulfide) groups is 1. The zero-order chi connectivity index (χ0) is 23.2. The number of carboxylic acid groups (broad SMARTS) is 1. The van der Waals surface area contributed by atoms with Crippen molar-refractivity contribution < 1.29 is 29.0 Å². The van der Waals surface area contributed by atoms with Crippen molar-refractivity contribution in [3.63, 3.8) is 0 Å². The summed E-state index contributed by atoms with van der Waals surface area (Å²) in [6.07, 6.45) is 2.30. The monoisotopic (exact) mass is 459 g/mol. The molecule has 4 N–H and O–H groups in total. The first-order valence-electron chi connectivity index (χ1n) is 10.4. The maximum absolute atomic E-state index is 13.5. The largest absolute Gasteiger partial charge is 0.477 e. The van der Waals surface area contributed by atoms with Gasteiger partial charge in [0.1, 0.15) is 29.1 Å². The minimum absolute atomic E-state index is 0.241. The Kier molecular flexibility index (Phi) is 5.76. The highest BCUT2D eigenvalue weighted by atomic mass is 32.2. The van der Waals surface area contributed by atoms with Crippen molar-refractivity contribution >= 4 is 35.5 Å². The number of aliphatic carboxylic acids is 1.